The van der Waals surface area contributed by atoms with Crippen molar-refractivity contribution in [2.45, 2.75) is 41.0 Å². The summed E-state index contributed by atoms with van der Waals surface area (Å²) >= 11 is 0. The summed E-state index contributed by atoms with van der Waals surface area (Å²) in [6.07, 6.45) is 2.92. The van der Waals surface area contributed by atoms with Crippen LogP contribution in [0.3, 0.4) is 0 Å². The smallest absolute Gasteiger partial charge is 0.347 e. The van der Waals surface area contributed by atoms with Crippen molar-refractivity contribution in [1.29, 1.82) is 0 Å². The van der Waals surface area contributed by atoms with Crippen LogP contribution in [-0.2, 0) is 23.9 Å². The van der Waals surface area contributed by atoms with E-state index in [1.807, 2.05) is 20.8 Å². The van der Waals surface area contributed by atoms with Gasteiger partial charge in [-0.05, 0) is 37.5 Å². The van der Waals surface area contributed by atoms with E-state index in [0.717, 1.165) is 0 Å². The van der Waals surface area contributed by atoms with E-state index in [2.05, 4.69) is 20.6 Å². The van der Waals surface area contributed by atoms with E-state index < -0.39 is 11.9 Å². The Kier molecular flexibility index (Phi) is 8.07. The Balaban J connectivity index is 2.33. The molecule has 0 bridgehead atoms. The van der Waals surface area contributed by atoms with Gasteiger partial charge in [-0.3, -0.25) is 4.79 Å². The quantitative estimate of drug-likeness (QED) is 0.284. The third-order valence-electron chi connectivity index (χ3n) is 3.95. The minimum Gasteiger partial charge on any atom is -0.462 e. The molecule has 1 aromatic carbocycles. The van der Waals surface area contributed by atoms with Gasteiger partial charge in [-0.15, -0.1) is 0 Å². The largest absolute Gasteiger partial charge is 0.462 e. The zero-order chi connectivity index (χ0) is 23.0. The van der Waals surface area contributed by atoms with Crippen LogP contribution in [0.15, 0.2) is 36.3 Å². The van der Waals surface area contributed by atoms with Crippen LogP contribution >= 0.6 is 0 Å². The lowest BCUT2D eigenvalue weighted by Gasteiger charge is -2.17. The van der Waals surface area contributed by atoms with Gasteiger partial charge >= 0.3 is 11.9 Å². The van der Waals surface area contributed by atoms with Crippen LogP contribution in [0.1, 0.15) is 41.0 Å². The third kappa shape index (κ3) is 7.06. The number of esters is 2. The van der Waals surface area contributed by atoms with Gasteiger partial charge < -0.3 is 20.1 Å². The summed E-state index contributed by atoms with van der Waals surface area (Å²) in [5, 5.41) is 6.32. The second kappa shape index (κ2) is 10.5. The first-order valence-electron chi connectivity index (χ1n) is 10.00. The number of rotatable bonds is 8. The summed E-state index contributed by atoms with van der Waals surface area (Å²) in [6.45, 7) is 9.47. The number of aromatic nitrogens is 2. The number of amides is 1. The Hall–Kier alpha value is -3.49. The molecule has 31 heavy (non-hydrogen) atoms. The number of hydrogen-bond donors (Lipinski definition) is 2. The number of nitrogens with zero attached hydrogens (tertiary/aromatic N) is 2. The van der Waals surface area contributed by atoms with Crippen LogP contribution in [-0.4, -0.2) is 41.0 Å². The maximum absolute atomic E-state index is 12.3. The standard InChI is InChI=1S/C22H28N4O5/c1-6-30-20(28)16(21(29)31-7-2)12-23-19-15-10-14(8-9-17(15)24-13-25-19)26-18(27)11-22(3,4)5/h8-10,12-13H,6-7,11H2,1-5H3,(H,26,27)(H,23,24,25). The van der Waals surface area contributed by atoms with E-state index >= 15 is 0 Å². The van der Waals surface area contributed by atoms with Crippen LogP contribution < -0.4 is 10.6 Å². The molecule has 166 valence electrons. The highest BCUT2D eigenvalue weighted by atomic mass is 16.6. The van der Waals surface area contributed by atoms with Gasteiger partial charge in [0.1, 0.15) is 12.1 Å². The third-order valence-corrected chi connectivity index (χ3v) is 3.95. The number of hydrogen-bond acceptors (Lipinski definition) is 8. The molecular weight excluding hydrogens is 400 g/mol. The van der Waals surface area contributed by atoms with Crippen molar-refractivity contribution < 1.29 is 23.9 Å². The van der Waals surface area contributed by atoms with Crippen molar-refractivity contribution in [1.82, 2.24) is 9.97 Å². The fourth-order valence-electron chi connectivity index (χ4n) is 2.70. The summed E-state index contributed by atoms with van der Waals surface area (Å²) in [4.78, 5) is 44.9. The van der Waals surface area contributed by atoms with Gasteiger partial charge in [0, 0.05) is 23.7 Å². The average Bonchev–Trinajstić information content (AvgIpc) is 2.67. The molecule has 0 unspecified atom stereocenters. The Labute approximate surface area is 181 Å². The molecule has 0 spiro atoms. The number of benzene rings is 1. The SMILES string of the molecule is CCOC(=O)C(=CNc1ncnc2ccc(NC(=O)CC(C)(C)C)cc12)C(=O)OCC. The van der Waals surface area contributed by atoms with Crippen LogP contribution in [0.25, 0.3) is 10.9 Å². The highest BCUT2D eigenvalue weighted by molar-refractivity contribution is 6.14. The second-order valence-corrected chi connectivity index (χ2v) is 7.88. The summed E-state index contributed by atoms with van der Waals surface area (Å²) in [6, 6.07) is 5.22. The second-order valence-electron chi connectivity index (χ2n) is 7.88. The predicted molar refractivity (Wildman–Crippen MR) is 117 cm³/mol. The van der Waals surface area contributed by atoms with E-state index in [1.165, 1.54) is 12.5 Å². The first-order valence-corrected chi connectivity index (χ1v) is 10.00. The Morgan fingerprint density at radius 1 is 1.03 bits per heavy atom. The van der Waals surface area contributed by atoms with Crippen molar-refractivity contribution in [2.75, 3.05) is 23.8 Å². The number of nitrogens with one attached hydrogen (secondary N) is 2. The Morgan fingerprint density at radius 3 is 2.26 bits per heavy atom. The molecule has 2 rings (SSSR count). The molecule has 1 aromatic heterocycles. The molecular formula is C22H28N4O5. The van der Waals surface area contributed by atoms with E-state index in [4.69, 9.17) is 9.47 Å². The highest BCUT2D eigenvalue weighted by Crippen LogP contribution is 2.25. The molecule has 2 aromatic rings. The van der Waals surface area contributed by atoms with Crippen molar-refractivity contribution in [3.8, 4) is 0 Å². The summed E-state index contributed by atoms with van der Waals surface area (Å²) in [7, 11) is 0. The van der Waals surface area contributed by atoms with Gasteiger partial charge in [0.2, 0.25) is 5.91 Å². The molecule has 1 heterocycles. The number of fused-ring (bicyclic) bond motifs is 1. The number of carbonyl (C=O) groups is 3. The zero-order valence-electron chi connectivity index (χ0n) is 18.4. The number of ether oxygens (including phenoxy) is 2. The lowest BCUT2D eigenvalue weighted by molar-refractivity contribution is -0.146. The molecule has 0 saturated carbocycles. The summed E-state index contributed by atoms with van der Waals surface area (Å²) < 4.78 is 9.84. The normalized spacial score (nSPS) is 10.9. The van der Waals surface area contributed by atoms with Crippen LogP contribution in [0.2, 0.25) is 0 Å². The van der Waals surface area contributed by atoms with Crippen molar-refractivity contribution in [3.05, 3.63) is 36.3 Å². The first-order chi connectivity index (χ1) is 14.6. The van der Waals surface area contributed by atoms with E-state index in [0.29, 0.717) is 28.8 Å². The molecule has 0 saturated heterocycles. The molecule has 0 radical (unpaired) electrons. The van der Waals surface area contributed by atoms with Crippen LogP contribution in [0, 0.1) is 5.41 Å². The molecule has 0 aliphatic rings. The molecule has 1 amide bonds. The minimum absolute atomic E-state index is 0.106. The monoisotopic (exact) mass is 428 g/mol. The fourth-order valence-corrected chi connectivity index (χ4v) is 2.70. The van der Waals surface area contributed by atoms with E-state index in [9.17, 15) is 14.4 Å². The topological polar surface area (TPSA) is 120 Å². The highest BCUT2D eigenvalue weighted by Gasteiger charge is 2.21. The fraction of sp³-hybridized carbons (Fsp3) is 0.409. The lowest BCUT2D eigenvalue weighted by Crippen LogP contribution is -2.20. The Bertz CT molecular complexity index is 975. The van der Waals surface area contributed by atoms with Gasteiger partial charge in [-0.1, -0.05) is 20.8 Å². The molecule has 0 fully saturated rings. The molecule has 9 nitrogen and oxygen atoms in total. The summed E-state index contributed by atoms with van der Waals surface area (Å²) in [5.41, 5.74) is 0.774. The first kappa shape index (κ1) is 23.8. The molecule has 9 heteroatoms. The van der Waals surface area contributed by atoms with Gasteiger partial charge in [-0.2, -0.15) is 0 Å². The Morgan fingerprint density at radius 2 is 1.68 bits per heavy atom. The molecule has 0 aliphatic heterocycles. The average molecular weight is 428 g/mol. The maximum atomic E-state index is 12.3. The number of anilines is 2. The molecule has 0 aliphatic carbocycles. The zero-order valence-corrected chi connectivity index (χ0v) is 18.4. The van der Waals surface area contributed by atoms with Crippen LogP contribution in [0.4, 0.5) is 11.5 Å². The van der Waals surface area contributed by atoms with Crippen LogP contribution in [0.5, 0.6) is 0 Å². The van der Waals surface area contributed by atoms with Gasteiger partial charge in [-0.25, -0.2) is 19.6 Å². The van der Waals surface area contributed by atoms with Gasteiger partial charge in [0.05, 0.1) is 18.7 Å². The maximum Gasteiger partial charge on any atom is 0.347 e. The van der Waals surface area contributed by atoms with E-state index in [1.54, 1.807) is 32.0 Å². The van der Waals surface area contributed by atoms with E-state index in [-0.39, 0.29) is 30.1 Å². The molecule has 2 N–H and O–H groups in total. The van der Waals surface area contributed by atoms with Crippen molar-refractivity contribution in [3.63, 3.8) is 0 Å². The van der Waals surface area contributed by atoms with Gasteiger partial charge in [0.15, 0.2) is 5.57 Å². The number of carbonyl (C=O) groups excluding carboxylic acids is 3. The van der Waals surface area contributed by atoms with Gasteiger partial charge in [0.25, 0.3) is 0 Å². The van der Waals surface area contributed by atoms with Crippen molar-refractivity contribution in [2.24, 2.45) is 5.41 Å². The van der Waals surface area contributed by atoms with Crippen molar-refractivity contribution >= 4 is 40.3 Å². The summed E-state index contributed by atoms with van der Waals surface area (Å²) in [5.74, 6) is -1.36. The lowest BCUT2D eigenvalue weighted by atomic mass is 9.92. The predicted octanol–water partition coefficient (Wildman–Crippen LogP) is 3.43. The minimum atomic E-state index is -0.804. The molecule has 0 atom stereocenters.